The van der Waals surface area contributed by atoms with Crippen molar-refractivity contribution in [2.75, 3.05) is 0 Å². The first-order valence-electron chi connectivity index (χ1n) is 11.6. The van der Waals surface area contributed by atoms with Crippen LogP contribution in [0.3, 0.4) is 0 Å². The molecule has 0 aliphatic rings. The molecule has 0 bridgehead atoms. The minimum Gasteiger partial charge on any atom is -0.478 e. The standard InChI is InChI=1S/C28H26N4O2/c1-3-4-11-25-30-24-10-7-14-29-27(24)32(25)17-19-12-13-23-20(16-19)15-18(2)26(31-23)21-8-5-6-9-22(21)28(33)34/h5-10,12-16H,3-4,11,17H2,1-2H3,(H,33,34). The smallest absolute Gasteiger partial charge is 0.336 e. The van der Waals surface area contributed by atoms with Gasteiger partial charge >= 0.3 is 5.97 Å². The fourth-order valence-corrected chi connectivity index (χ4v) is 4.46. The maximum absolute atomic E-state index is 11.7. The molecule has 0 aliphatic carbocycles. The summed E-state index contributed by atoms with van der Waals surface area (Å²) < 4.78 is 2.21. The van der Waals surface area contributed by atoms with Crippen LogP contribution in [-0.2, 0) is 13.0 Å². The lowest BCUT2D eigenvalue weighted by Gasteiger charge is -2.12. The Morgan fingerprint density at radius 1 is 1.00 bits per heavy atom. The van der Waals surface area contributed by atoms with Gasteiger partial charge in [0.2, 0.25) is 0 Å². The highest BCUT2D eigenvalue weighted by atomic mass is 16.4. The first-order valence-corrected chi connectivity index (χ1v) is 11.6. The number of carbonyl (C=O) groups is 1. The Morgan fingerprint density at radius 2 is 1.85 bits per heavy atom. The number of aromatic carboxylic acids is 1. The number of benzene rings is 2. The number of carboxylic acid groups (broad SMARTS) is 1. The summed E-state index contributed by atoms with van der Waals surface area (Å²) in [6.45, 7) is 4.85. The second-order valence-electron chi connectivity index (χ2n) is 8.60. The molecule has 2 aromatic carbocycles. The van der Waals surface area contributed by atoms with Crippen molar-refractivity contribution in [1.29, 1.82) is 0 Å². The van der Waals surface area contributed by atoms with Crippen LogP contribution in [0.5, 0.6) is 0 Å². The van der Waals surface area contributed by atoms with Crippen LogP contribution < -0.4 is 0 Å². The Kier molecular flexibility index (Phi) is 5.80. The predicted octanol–water partition coefficient (Wildman–Crippen LogP) is 6.04. The molecule has 170 valence electrons. The van der Waals surface area contributed by atoms with Crippen LogP contribution in [-0.4, -0.2) is 30.6 Å². The van der Waals surface area contributed by atoms with Gasteiger partial charge in [0, 0.05) is 23.6 Å². The van der Waals surface area contributed by atoms with E-state index in [0.717, 1.165) is 58.3 Å². The van der Waals surface area contributed by atoms with Crippen molar-refractivity contribution in [3.8, 4) is 11.3 Å². The first-order chi connectivity index (χ1) is 16.5. The molecule has 34 heavy (non-hydrogen) atoms. The molecule has 6 heteroatoms. The predicted molar refractivity (Wildman–Crippen MR) is 134 cm³/mol. The van der Waals surface area contributed by atoms with Crippen molar-refractivity contribution in [3.05, 3.63) is 89.4 Å². The van der Waals surface area contributed by atoms with Crippen LogP contribution in [0, 0.1) is 6.92 Å². The van der Waals surface area contributed by atoms with Gasteiger partial charge in [-0.05, 0) is 60.9 Å². The van der Waals surface area contributed by atoms with Crippen LogP contribution >= 0.6 is 0 Å². The molecular weight excluding hydrogens is 424 g/mol. The van der Waals surface area contributed by atoms with E-state index < -0.39 is 5.97 Å². The summed E-state index contributed by atoms with van der Waals surface area (Å²) in [5.74, 6) is 0.109. The zero-order chi connectivity index (χ0) is 23.7. The first kappa shape index (κ1) is 21.8. The summed E-state index contributed by atoms with van der Waals surface area (Å²) in [6.07, 6.45) is 4.94. The summed E-state index contributed by atoms with van der Waals surface area (Å²) in [5, 5.41) is 10.6. The number of aromatic nitrogens is 4. The molecule has 0 radical (unpaired) electrons. The number of fused-ring (bicyclic) bond motifs is 2. The number of rotatable bonds is 7. The molecule has 5 aromatic rings. The highest BCUT2D eigenvalue weighted by molar-refractivity contribution is 5.96. The van der Waals surface area contributed by atoms with Crippen LogP contribution in [0.15, 0.2) is 66.9 Å². The van der Waals surface area contributed by atoms with Crippen molar-refractivity contribution in [1.82, 2.24) is 19.5 Å². The molecule has 0 saturated carbocycles. The quantitative estimate of drug-likeness (QED) is 0.327. The van der Waals surface area contributed by atoms with Crippen LogP contribution in [0.4, 0.5) is 0 Å². The third kappa shape index (κ3) is 4.03. The van der Waals surface area contributed by atoms with E-state index in [1.165, 1.54) is 0 Å². The number of hydrogen-bond donors (Lipinski definition) is 1. The molecule has 3 aromatic heterocycles. The summed E-state index contributed by atoms with van der Waals surface area (Å²) >= 11 is 0. The maximum atomic E-state index is 11.7. The van der Waals surface area contributed by atoms with Crippen molar-refractivity contribution in [2.24, 2.45) is 0 Å². The highest BCUT2D eigenvalue weighted by Gasteiger charge is 2.16. The number of unbranched alkanes of at least 4 members (excludes halogenated alkanes) is 1. The van der Waals surface area contributed by atoms with Gasteiger partial charge in [0.15, 0.2) is 5.65 Å². The normalized spacial score (nSPS) is 11.4. The summed E-state index contributed by atoms with van der Waals surface area (Å²) in [6, 6.07) is 19.3. The van der Waals surface area contributed by atoms with E-state index in [0.29, 0.717) is 17.8 Å². The van der Waals surface area contributed by atoms with Crippen molar-refractivity contribution in [3.63, 3.8) is 0 Å². The van der Waals surface area contributed by atoms with E-state index in [4.69, 9.17) is 9.97 Å². The van der Waals surface area contributed by atoms with Gasteiger partial charge in [0.25, 0.3) is 0 Å². The SMILES string of the molecule is CCCCc1nc2cccnc2n1Cc1ccc2nc(-c3ccccc3C(=O)O)c(C)cc2c1. The van der Waals surface area contributed by atoms with Gasteiger partial charge in [-0.3, -0.25) is 0 Å². The summed E-state index contributed by atoms with van der Waals surface area (Å²) in [4.78, 5) is 26.0. The molecule has 0 atom stereocenters. The molecule has 3 heterocycles. The number of pyridine rings is 2. The molecule has 0 unspecified atom stereocenters. The molecule has 1 N–H and O–H groups in total. The Labute approximate surface area is 197 Å². The Bertz CT molecular complexity index is 1520. The van der Waals surface area contributed by atoms with E-state index in [9.17, 15) is 9.90 Å². The molecular formula is C28H26N4O2. The van der Waals surface area contributed by atoms with Crippen LogP contribution in [0.2, 0.25) is 0 Å². The van der Waals surface area contributed by atoms with E-state index in [-0.39, 0.29) is 5.56 Å². The largest absolute Gasteiger partial charge is 0.478 e. The third-order valence-corrected chi connectivity index (χ3v) is 6.16. The second kappa shape index (κ2) is 9.06. The molecule has 0 amide bonds. The van der Waals surface area contributed by atoms with E-state index in [1.54, 1.807) is 12.1 Å². The minimum absolute atomic E-state index is 0.258. The summed E-state index contributed by atoms with van der Waals surface area (Å²) in [7, 11) is 0. The van der Waals surface area contributed by atoms with Gasteiger partial charge in [-0.25, -0.2) is 19.7 Å². The minimum atomic E-state index is -0.952. The Hall–Kier alpha value is -4.06. The van der Waals surface area contributed by atoms with Crippen molar-refractivity contribution in [2.45, 2.75) is 39.7 Å². The Morgan fingerprint density at radius 3 is 2.68 bits per heavy atom. The maximum Gasteiger partial charge on any atom is 0.336 e. The van der Waals surface area contributed by atoms with Gasteiger partial charge < -0.3 is 9.67 Å². The average molecular weight is 451 g/mol. The second-order valence-corrected chi connectivity index (χ2v) is 8.60. The third-order valence-electron chi connectivity index (χ3n) is 6.16. The van der Waals surface area contributed by atoms with Gasteiger partial charge in [0.1, 0.15) is 11.3 Å². The van der Waals surface area contributed by atoms with Crippen molar-refractivity contribution < 1.29 is 9.90 Å². The lowest BCUT2D eigenvalue weighted by atomic mass is 9.99. The lowest BCUT2D eigenvalue weighted by molar-refractivity contribution is 0.0697. The summed E-state index contributed by atoms with van der Waals surface area (Å²) in [5.41, 5.74) is 6.35. The van der Waals surface area contributed by atoms with Gasteiger partial charge in [-0.1, -0.05) is 37.6 Å². The number of carboxylic acids is 1. The number of nitrogens with zero attached hydrogens (tertiary/aromatic N) is 4. The lowest BCUT2D eigenvalue weighted by Crippen LogP contribution is -2.06. The number of imidazole rings is 1. The average Bonchev–Trinajstić information content (AvgIpc) is 3.19. The van der Waals surface area contributed by atoms with E-state index in [1.807, 2.05) is 43.5 Å². The molecule has 0 aliphatic heterocycles. The van der Waals surface area contributed by atoms with E-state index in [2.05, 4.69) is 34.7 Å². The number of aryl methyl sites for hydroxylation is 2. The van der Waals surface area contributed by atoms with Crippen LogP contribution in [0.25, 0.3) is 33.3 Å². The van der Waals surface area contributed by atoms with Gasteiger partial charge in [0.05, 0.1) is 23.3 Å². The fraction of sp³-hybridized carbons (Fsp3) is 0.214. The zero-order valence-electron chi connectivity index (χ0n) is 19.3. The van der Waals surface area contributed by atoms with Crippen molar-refractivity contribution >= 4 is 28.0 Å². The Balaban J connectivity index is 1.54. The van der Waals surface area contributed by atoms with Crippen LogP contribution in [0.1, 0.15) is 47.1 Å². The molecule has 0 saturated heterocycles. The molecule has 0 spiro atoms. The molecule has 0 fully saturated rings. The van der Waals surface area contributed by atoms with Gasteiger partial charge in [-0.2, -0.15) is 0 Å². The molecule has 5 rings (SSSR count). The molecule has 6 nitrogen and oxygen atoms in total. The number of hydrogen-bond acceptors (Lipinski definition) is 4. The zero-order valence-corrected chi connectivity index (χ0v) is 19.3. The monoisotopic (exact) mass is 450 g/mol. The highest BCUT2D eigenvalue weighted by Crippen LogP contribution is 2.29. The van der Waals surface area contributed by atoms with E-state index >= 15 is 0 Å². The van der Waals surface area contributed by atoms with Gasteiger partial charge in [-0.15, -0.1) is 0 Å². The fourth-order valence-electron chi connectivity index (χ4n) is 4.46. The topological polar surface area (TPSA) is 80.9 Å².